The molecule has 0 spiro atoms. The number of rotatable bonds is 4. The molecule has 0 atom stereocenters. The number of likely N-dealkylation sites (tertiary alicyclic amines) is 1. The zero-order valence-corrected chi connectivity index (χ0v) is 12.0. The van der Waals surface area contributed by atoms with Crippen LogP contribution in [0, 0.1) is 0 Å². The Morgan fingerprint density at radius 1 is 1.33 bits per heavy atom. The van der Waals surface area contributed by atoms with E-state index >= 15 is 0 Å². The minimum Gasteiger partial charge on any atom is -0.444 e. The lowest BCUT2D eigenvalue weighted by molar-refractivity contribution is -0.0102. The topological polar surface area (TPSA) is 50.8 Å². The number of carbonyl (C=O) groups is 1. The molecule has 0 aromatic heterocycles. The van der Waals surface area contributed by atoms with E-state index in [2.05, 4.69) is 5.32 Å². The van der Waals surface area contributed by atoms with Crippen LogP contribution in [0.4, 0.5) is 4.79 Å². The number of piperidine rings is 1. The van der Waals surface area contributed by atoms with Crippen LogP contribution in [0.3, 0.4) is 0 Å². The standard InChI is InChI=1S/C13H26N2O3/c1-13(2,3)18-12(16)15-8-5-11(6-9-15)17-10-7-14-4/h11,14H,5-10H2,1-4H3. The van der Waals surface area contributed by atoms with Gasteiger partial charge in [-0.05, 0) is 40.7 Å². The van der Waals surface area contributed by atoms with Gasteiger partial charge in [0.25, 0.3) is 0 Å². The van der Waals surface area contributed by atoms with Crippen LogP contribution in [-0.2, 0) is 9.47 Å². The Hall–Kier alpha value is -0.810. The molecule has 1 heterocycles. The summed E-state index contributed by atoms with van der Waals surface area (Å²) >= 11 is 0. The number of nitrogens with one attached hydrogen (secondary N) is 1. The van der Waals surface area contributed by atoms with Crippen molar-refractivity contribution in [2.45, 2.75) is 45.3 Å². The lowest BCUT2D eigenvalue weighted by Gasteiger charge is -2.33. The first-order chi connectivity index (χ1) is 8.42. The largest absolute Gasteiger partial charge is 0.444 e. The number of carbonyl (C=O) groups excluding carboxylic acids is 1. The Bertz CT molecular complexity index is 255. The molecule has 1 rings (SSSR count). The molecular weight excluding hydrogens is 232 g/mol. The smallest absolute Gasteiger partial charge is 0.410 e. The lowest BCUT2D eigenvalue weighted by atomic mass is 10.1. The number of hydrogen-bond acceptors (Lipinski definition) is 4. The summed E-state index contributed by atoms with van der Waals surface area (Å²) in [5, 5.41) is 3.05. The van der Waals surface area contributed by atoms with Crippen LogP contribution < -0.4 is 5.32 Å². The molecule has 5 nitrogen and oxygen atoms in total. The molecule has 0 saturated carbocycles. The maximum Gasteiger partial charge on any atom is 0.410 e. The van der Waals surface area contributed by atoms with Gasteiger partial charge >= 0.3 is 6.09 Å². The Morgan fingerprint density at radius 3 is 2.44 bits per heavy atom. The molecule has 0 aliphatic carbocycles. The van der Waals surface area contributed by atoms with Crippen LogP contribution in [0.15, 0.2) is 0 Å². The van der Waals surface area contributed by atoms with Gasteiger partial charge in [-0.1, -0.05) is 0 Å². The molecule has 0 radical (unpaired) electrons. The summed E-state index contributed by atoms with van der Waals surface area (Å²) < 4.78 is 11.1. The highest BCUT2D eigenvalue weighted by molar-refractivity contribution is 5.68. The molecule has 5 heteroatoms. The van der Waals surface area contributed by atoms with Gasteiger partial charge in [-0.3, -0.25) is 0 Å². The molecule has 1 fully saturated rings. The summed E-state index contributed by atoms with van der Waals surface area (Å²) in [6.45, 7) is 8.70. The third kappa shape index (κ3) is 5.69. The summed E-state index contributed by atoms with van der Waals surface area (Å²) in [6.07, 6.45) is 1.85. The normalized spacial score (nSPS) is 17.9. The maximum atomic E-state index is 11.8. The van der Waals surface area contributed by atoms with E-state index in [0.29, 0.717) is 0 Å². The van der Waals surface area contributed by atoms with Gasteiger partial charge in [-0.15, -0.1) is 0 Å². The Kier molecular flexibility index (Phi) is 5.88. The number of nitrogens with zero attached hydrogens (tertiary/aromatic N) is 1. The molecule has 0 unspecified atom stereocenters. The molecule has 1 amide bonds. The van der Waals surface area contributed by atoms with Crippen LogP contribution in [0.25, 0.3) is 0 Å². The summed E-state index contributed by atoms with van der Waals surface area (Å²) in [7, 11) is 1.91. The number of likely N-dealkylation sites (N-methyl/N-ethyl adjacent to an activating group) is 1. The number of hydrogen-bond donors (Lipinski definition) is 1. The monoisotopic (exact) mass is 258 g/mol. The van der Waals surface area contributed by atoms with Gasteiger partial charge in [-0.25, -0.2) is 4.79 Å². The van der Waals surface area contributed by atoms with Crippen molar-refractivity contribution in [2.24, 2.45) is 0 Å². The summed E-state index contributed by atoms with van der Waals surface area (Å²) in [5.74, 6) is 0. The SMILES string of the molecule is CNCCOC1CCN(C(=O)OC(C)(C)C)CC1. The molecule has 1 saturated heterocycles. The predicted molar refractivity (Wildman–Crippen MR) is 70.7 cm³/mol. The van der Waals surface area contributed by atoms with E-state index in [4.69, 9.17) is 9.47 Å². The van der Waals surface area contributed by atoms with Crippen LogP contribution >= 0.6 is 0 Å². The second-order valence-electron chi connectivity index (χ2n) is 5.64. The van der Waals surface area contributed by atoms with Crippen molar-refractivity contribution in [1.82, 2.24) is 10.2 Å². The summed E-state index contributed by atoms with van der Waals surface area (Å²) in [5.41, 5.74) is -0.419. The third-order valence-electron chi connectivity index (χ3n) is 2.80. The van der Waals surface area contributed by atoms with Crippen molar-refractivity contribution in [2.75, 3.05) is 33.3 Å². The van der Waals surface area contributed by atoms with Crippen molar-refractivity contribution >= 4 is 6.09 Å². The molecule has 1 aliphatic heterocycles. The Morgan fingerprint density at radius 2 is 1.94 bits per heavy atom. The quantitative estimate of drug-likeness (QED) is 0.779. The van der Waals surface area contributed by atoms with Gasteiger partial charge in [0.05, 0.1) is 12.7 Å². The molecule has 1 N–H and O–H groups in total. The summed E-state index contributed by atoms with van der Waals surface area (Å²) in [6, 6.07) is 0. The first kappa shape index (κ1) is 15.2. The number of amides is 1. The first-order valence-corrected chi connectivity index (χ1v) is 6.66. The van der Waals surface area contributed by atoms with Crippen LogP contribution in [0.1, 0.15) is 33.6 Å². The zero-order valence-electron chi connectivity index (χ0n) is 12.0. The lowest BCUT2D eigenvalue weighted by Crippen LogP contribution is -2.43. The highest BCUT2D eigenvalue weighted by Gasteiger charge is 2.26. The highest BCUT2D eigenvalue weighted by atomic mass is 16.6. The maximum absolute atomic E-state index is 11.8. The van der Waals surface area contributed by atoms with E-state index in [1.165, 1.54) is 0 Å². The predicted octanol–water partition coefficient (Wildman–Crippen LogP) is 1.62. The molecule has 106 valence electrons. The molecule has 0 aromatic rings. The second-order valence-corrected chi connectivity index (χ2v) is 5.64. The zero-order chi connectivity index (χ0) is 13.6. The van der Waals surface area contributed by atoms with E-state index in [9.17, 15) is 4.79 Å². The van der Waals surface area contributed by atoms with E-state index in [1.807, 2.05) is 27.8 Å². The van der Waals surface area contributed by atoms with Gasteiger partial charge in [0.1, 0.15) is 5.60 Å². The molecular formula is C13H26N2O3. The van der Waals surface area contributed by atoms with Crippen LogP contribution in [-0.4, -0.2) is 56.0 Å². The van der Waals surface area contributed by atoms with Crippen molar-refractivity contribution < 1.29 is 14.3 Å². The summed E-state index contributed by atoms with van der Waals surface area (Å²) in [4.78, 5) is 13.6. The Balaban J connectivity index is 2.24. The fourth-order valence-corrected chi connectivity index (χ4v) is 1.86. The van der Waals surface area contributed by atoms with Crippen molar-refractivity contribution in [3.63, 3.8) is 0 Å². The molecule has 18 heavy (non-hydrogen) atoms. The average molecular weight is 258 g/mol. The van der Waals surface area contributed by atoms with Crippen LogP contribution in [0.5, 0.6) is 0 Å². The van der Waals surface area contributed by atoms with E-state index in [1.54, 1.807) is 4.90 Å². The molecule has 0 aromatic carbocycles. The van der Waals surface area contributed by atoms with Gasteiger partial charge in [0, 0.05) is 19.6 Å². The van der Waals surface area contributed by atoms with Gasteiger partial charge in [-0.2, -0.15) is 0 Å². The fourth-order valence-electron chi connectivity index (χ4n) is 1.86. The average Bonchev–Trinajstić information content (AvgIpc) is 2.28. The van der Waals surface area contributed by atoms with E-state index in [0.717, 1.165) is 39.1 Å². The first-order valence-electron chi connectivity index (χ1n) is 6.66. The van der Waals surface area contributed by atoms with Gasteiger partial charge in [0.15, 0.2) is 0 Å². The van der Waals surface area contributed by atoms with Crippen molar-refractivity contribution in [3.05, 3.63) is 0 Å². The van der Waals surface area contributed by atoms with E-state index < -0.39 is 5.60 Å². The van der Waals surface area contributed by atoms with Crippen LogP contribution in [0.2, 0.25) is 0 Å². The molecule has 0 bridgehead atoms. The highest BCUT2D eigenvalue weighted by Crippen LogP contribution is 2.17. The van der Waals surface area contributed by atoms with Crippen molar-refractivity contribution in [3.8, 4) is 0 Å². The Labute approximate surface area is 110 Å². The minimum atomic E-state index is -0.419. The van der Waals surface area contributed by atoms with E-state index in [-0.39, 0.29) is 12.2 Å². The fraction of sp³-hybridized carbons (Fsp3) is 0.923. The minimum absolute atomic E-state index is 0.212. The molecule has 1 aliphatic rings. The third-order valence-corrected chi connectivity index (χ3v) is 2.80. The second kappa shape index (κ2) is 6.95. The van der Waals surface area contributed by atoms with Gasteiger partial charge in [0.2, 0.25) is 0 Å². The van der Waals surface area contributed by atoms with Crippen molar-refractivity contribution in [1.29, 1.82) is 0 Å². The van der Waals surface area contributed by atoms with Gasteiger partial charge < -0.3 is 19.7 Å². The number of ether oxygens (including phenoxy) is 2.